The van der Waals surface area contributed by atoms with Crippen LogP contribution in [0.2, 0.25) is 5.02 Å². The molecule has 1 heterocycles. The summed E-state index contributed by atoms with van der Waals surface area (Å²) in [4.78, 5) is 10.2. The average Bonchev–Trinajstić information content (AvgIpc) is 2.40. The van der Waals surface area contributed by atoms with Gasteiger partial charge in [-0.2, -0.15) is 0 Å². The van der Waals surface area contributed by atoms with Crippen LogP contribution in [0.5, 0.6) is 5.75 Å². The fourth-order valence-electron chi connectivity index (χ4n) is 2.03. The molecular weight excluding hydrogens is 275 g/mol. The second-order valence-corrected chi connectivity index (χ2v) is 4.90. The van der Waals surface area contributed by atoms with Gasteiger partial charge in [0.1, 0.15) is 5.82 Å². The number of hydrogen-bond acceptors (Lipinski definition) is 4. The van der Waals surface area contributed by atoms with Gasteiger partial charge in [0.05, 0.1) is 22.6 Å². The quantitative estimate of drug-likeness (QED) is 0.683. The molecule has 0 spiro atoms. The molecule has 0 saturated carbocycles. The van der Waals surface area contributed by atoms with E-state index in [0.717, 1.165) is 38.1 Å². The van der Waals surface area contributed by atoms with E-state index in [4.69, 9.17) is 16.3 Å². The highest BCUT2D eigenvalue weighted by atomic mass is 35.5. The van der Waals surface area contributed by atoms with Crippen molar-refractivity contribution in [2.45, 2.75) is 12.8 Å². The van der Waals surface area contributed by atoms with Gasteiger partial charge in [-0.05, 0) is 31.8 Å². The number of hydrogen-bond donors (Lipinski definition) is 1. The van der Waals surface area contributed by atoms with Crippen molar-refractivity contribution in [2.24, 2.45) is 5.92 Å². The van der Waals surface area contributed by atoms with Crippen LogP contribution in [0.4, 0.5) is 10.1 Å². The Labute approximate surface area is 114 Å². The molecule has 0 radical (unpaired) electrons. The molecule has 104 valence electrons. The summed E-state index contributed by atoms with van der Waals surface area (Å²) in [5.74, 6) is -0.442. The standard InChI is InChI=1S/C12H14ClFN2O3/c13-9-5-12(11(16(17)18)6-10(9)14)19-7-8-1-3-15-4-2-8/h5-6,8,15H,1-4,7H2. The molecule has 0 unspecified atom stereocenters. The van der Waals surface area contributed by atoms with Crippen LogP contribution in [0.15, 0.2) is 12.1 Å². The van der Waals surface area contributed by atoms with E-state index >= 15 is 0 Å². The van der Waals surface area contributed by atoms with E-state index in [0.29, 0.717) is 12.5 Å². The van der Waals surface area contributed by atoms with Gasteiger partial charge in [0.15, 0.2) is 5.75 Å². The highest BCUT2D eigenvalue weighted by Gasteiger charge is 2.21. The van der Waals surface area contributed by atoms with Crippen LogP contribution < -0.4 is 10.1 Å². The van der Waals surface area contributed by atoms with E-state index in [1.165, 1.54) is 0 Å². The van der Waals surface area contributed by atoms with Crippen molar-refractivity contribution in [3.63, 3.8) is 0 Å². The van der Waals surface area contributed by atoms with Gasteiger partial charge >= 0.3 is 5.69 Å². The predicted molar refractivity (Wildman–Crippen MR) is 69.2 cm³/mol. The minimum atomic E-state index is -0.817. The van der Waals surface area contributed by atoms with Crippen LogP contribution in [0, 0.1) is 21.8 Å². The fourth-order valence-corrected chi connectivity index (χ4v) is 2.19. The molecule has 0 aromatic heterocycles. The third-order valence-electron chi connectivity index (χ3n) is 3.13. The maximum Gasteiger partial charge on any atom is 0.313 e. The fraction of sp³-hybridized carbons (Fsp3) is 0.500. The minimum absolute atomic E-state index is 0.0231. The lowest BCUT2D eigenvalue weighted by Gasteiger charge is -2.22. The molecule has 0 amide bonds. The highest BCUT2D eigenvalue weighted by molar-refractivity contribution is 6.31. The minimum Gasteiger partial charge on any atom is -0.486 e. The van der Waals surface area contributed by atoms with E-state index in [2.05, 4.69) is 5.32 Å². The van der Waals surface area contributed by atoms with Crippen LogP contribution in [-0.4, -0.2) is 24.6 Å². The molecule has 1 N–H and O–H groups in total. The van der Waals surface area contributed by atoms with Gasteiger partial charge in [0.2, 0.25) is 0 Å². The van der Waals surface area contributed by atoms with Gasteiger partial charge in [-0.1, -0.05) is 11.6 Å². The van der Waals surface area contributed by atoms with E-state index in [9.17, 15) is 14.5 Å². The number of nitro benzene ring substituents is 1. The lowest BCUT2D eigenvalue weighted by atomic mass is 9.99. The highest BCUT2D eigenvalue weighted by Crippen LogP contribution is 2.32. The molecule has 1 aromatic carbocycles. The first kappa shape index (κ1) is 14.0. The van der Waals surface area contributed by atoms with Gasteiger partial charge in [-0.25, -0.2) is 4.39 Å². The Bertz CT molecular complexity index is 478. The molecule has 1 aliphatic rings. The Morgan fingerprint density at radius 3 is 2.79 bits per heavy atom. The van der Waals surface area contributed by atoms with Gasteiger partial charge in [-0.3, -0.25) is 10.1 Å². The number of nitrogens with zero attached hydrogens (tertiary/aromatic N) is 1. The van der Waals surface area contributed by atoms with Crippen molar-refractivity contribution in [1.29, 1.82) is 0 Å². The maximum atomic E-state index is 13.2. The second-order valence-electron chi connectivity index (χ2n) is 4.50. The van der Waals surface area contributed by atoms with Crippen molar-refractivity contribution in [3.05, 3.63) is 33.1 Å². The Kier molecular flexibility index (Phi) is 4.55. The van der Waals surface area contributed by atoms with Crippen molar-refractivity contribution in [2.75, 3.05) is 19.7 Å². The van der Waals surface area contributed by atoms with Gasteiger partial charge < -0.3 is 10.1 Å². The normalized spacial score (nSPS) is 16.3. The van der Waals surface area contributed by atoms with Crippen LogP contribution in [0.25, 0.3) is 0 Å². The zero-order valence-electron chi connectivity index (χ0n) is 10.2. The first-order valence-electron chi connectivity index (χ1n) is 6.05. The molecular formula is C12H14ClFN2O3. The monoisotopic (exact) mass is 288 g/mol. The number of nitro groups is 1. The summed E-state index contributed by atoms with van der Waals surface area (Å²) >= 11 is 5.62. The largest absolute Gasteiger partial charge is 0.486 e. The van der Waals surface area contributed by atoms with Crippen LogP contribution in [-0.2, 0) is 0 Å². The molecule has 2 rings (SSSR count). The van der Waals surface area contributed by atoms with Crippen molar-refractivity contribution >= 4 is 17.3 Å². The first-order chi connectivity index (χ1) is 9.08. The molecule has 0 atom stereocenters. The molecule has 1 saturated heterocycles. The SMILES string of the molecule is O=[N+]([O-])c1cc(F)c(Cl)cc1OCC1CCNCC1. The maximum absolute atomic E-state index is 13.2. The summed E-state index contributed by atoms with van der Waals surface area (Å²) in [5, 5.41) is 13.9. The van der Waals surface area contributed by atoms with E-state index in [1.807, 2.05) is 0 Å². The summed E-state index contributed by atoms with van der Waals surface area (Å²) in [7, 11) is 0. The van der Waals surface area contributed by atoms with Crippen molar-refractivity contribution < 1.29 is 14.1 Å². The lowest BCUT2D eigenvalue weighted by Crippen LogP contribution is -2.30. The topological polar surface area (TPSA) is 64.4 Å². The summed E-state index contributed by atoms with van der Waals surface area (Å²) in [6.07, 6.45) is 1.92. The number of ether oxygens (including phenoxy) is 1. The molecule has 1 fully saturated rings. The number of benzene rings is 1. The Morgan fingerprint density at radius 1 is 1.47 bits per heavy atom. The van der Waals surface area contributed by atoms with Gasteiger partial charge in [0, 0.05) is 6.07 Å². The Balaban J connectivity index is 2.09. The Hall–Kier alpha value is -1.40. The number of rotatable bonds is 4. The summed E-state index contributed by atoms with van der Waals surface area (Å²) in [6.45, 7) is 2.21. The van der Waals surface area contributed by atoms with Crippen molar-refractivity contribution in [3.8, 4) is 5.75 Å². The second kappa shape index (κ2) is 6.16. The van der Waals surface area contributed by atoms with Crippen LogP contribution in [0.3, 0.4) is 0 Å². The number of halogens is 2. The van der Waals surface area contributed by atoms with E-state index < -0.39 is 16.4 Å². The van der Waals surface area contributed by atoms with Crippen molar-refractivity contribution in [1.82, 2.24) is 5.32 Å². The molecule has 0 aliphatic carbocycles. The number of piperidine rings is 1. The van der Waals surface area contributed by atoms with E-state index in [-0.39, 0.29) is 10.8 Å². The molecule has 7 heteroatoms. The average molecular weight is 289 g/mol. The third kappa shape index (κ3) is 3.54. The molecule has 19 heavy (non-hydrogen) atoms. The molecule has 0 bridgehead atoms. The molecule has 1 aliphatic heterocycles. The predicted octanol–water partition coefficient (Wildman–Crippen LogP) is 2.77. The first-order valence-corrected chi connectivity index (χ1v) is 6.42. The van der Waals surface area contributed by atoms with Gasteiger partial charge in [0.25, 0.3) is 0 Å². The van der Waals surface area contributed by atoms with Crippen LogP contribution in [0.1, 0.15) is 12.8 Å². The zero-order valence-corrected chi connectivity index (χ0v) is 11.0. The third-order valence-corrected chi connectivity index (χ3v) is 3.42. The molecule has 1 aromatic rings. The van der Waals surface area contributed by atoms with Gasteiger partial charge in [-0.15, -0.1) is 0 Å². The molecule has 5 nitrogen and oxygen atoms in total. The summed E-state index contributed by atoms with van der Waals surface area (Å²) < 4.78 is 18.7. The smallest absolute Gasteiger partial charge is 0.313 e. The van der Waals surface area contributed by atoms with Crippen LogP contribution >= 0.6 is 11.6 Å². The number of nitrogens with one attached hydrogen (secondary N) is 1. The zero-order chi connectivity index (χ0) is 13.8. The summed E-state index contributed by atoms with van der Waals surface area (Å²) in [5.41, 5.74) is -0.393. The van der Waals surface area contributed by atoms with E-state index in [1.54, 1.807) is 0 Å². The summed E-state index contributed by atoms with van der Waals surface area (Å²) in [6, 6.07) is 1.95. The Morgan fingerprint density at radius 2 is 2.16 bits per heavy atom. The lowest BCUT2D eigenvalue weighted by molar-refractivity contribution is -0.386.